The molecule has 1 aliphatic heterocycles. The zero-order valence-electron chi connectivity index (χ0n) is 10.9. The fourth-order valence-electron chi connectivity index (χ4n) is 2.66. The van der Waals surface area contributed by atoms with Crippen molar-refractivity contribution >= 4 is 5.91 Å². The van der Waals surface area contributed by atoms with Gasteiger partial charge in [0.2, 0.25) is 5.91 Å². The third-order valence-corrected chi connectivity index (χ3v) is 3.69. The molecule has 0 aliphatic carbocycles. The van der Waals surface area contributed by atoms with E-state index in [1.165, 1.54) is 0 Å². The van der Waals surface area contributed by atoms with Gasteiger partial charge in [-0.2, -0.15) is 0 Å². The number of carbonyl (C=O) groups excluding carboxylic acids is 1. The molecule has 0 spiro atoms. The van der Waals surface area contributed by atoms with Gasteiger partial charge in [-0.3, -0.25) is 4.79 Å². The Kier molecular flexibility index (Phi) is 4.36. The number of hydrogen-bond donors (Lipinski definition) is 2. The van der Waals surface area contributed by atoms with Crippen LogP contribution >= 0.6 is 0 Å². The van der Waals surface area contributed by atoms with Crippen LogP contribution in [0.4, 0.5) is 0 Å². The average Bonchev–Trinajstić information content (AvgIpc) is 2.90. The van der Waals surface area contributed by atoms with Crippen LogP contribution in [0, 0.1) is 5.41 Å². The minimum absolute atomic E-state index is 0.155. The molecular formula is C13H21N3O2. The summed E-state index contributed by atoms with van der Waals surface area (Å²) in [6.07, 6.45) is 5.42. The number of rotatable bonds is 5. The molecule has 0 bridgehead atoms. The maximum Gasteiger partial charge on any atom is 0.226 e. The zero-order chi connectivity index (χ0) is 12.8. The fourth-order valence-corrected chi connectivity index (χ4v) is 2.66. The van der Waals surface area contributed by atoms with Gasteiger partial charge < -0.3 is 15.2 Å². The maximum atomic E-state index is 12.4. The largest absolute Gasteiger partial charge is 0.360 e. The standard InChI is InChI=1S/C13H21N3O2/c1-2-4-13(5-8-14-9-6-13)12(17)15-10-11-3-7-16-18-11/h3,7,14H,2,4-6,8-10H2,1H3,(H,15,17). The van der Waals surface area contributed by atoms with Gasteiger partial charge in [-0.05, 0) is 32.4 Å². The Bertz CT molecular complexity index is 364. The van der Waals surface area contributed by atoms with Crippen molar-refractivity contribution in [3.05, 3.63) is 18.0 Å². The van der Waals surface area contributed by atoms with E-state index < -0.39 is 0 Å². The van der Waals surface area contributed by atoms with Crippen molar-refractivity contribution in [2.75, 3.05) is 13.1 Å². The van der Waals surface area contributed by atoms with Crippen molar-refractivity contribution in [2.24, 2.45) is 5.41 Å². The van der Waals surface area contributed by atoms with Gasteiger partial charge in [0, 0.05) is 6.07 Å². The van der Waals surface area contributed by atoms with Gasteiger partial charge in [0.1, 0.15) is 0 Å². The Balaban J connectivity index is 1.95. The van der Waals surface area contributed by atoms with E-state index in [1.54, 1.807) is 12.3 Å². The van der Waals surface area contributed by atoms with Crippen molar-refractivity contribution in [2.45, 2.75) is 39.2 Å². The summed E-state index contributed by atoms with van der Waals surface area (Å²) in [6.45, 7) is 4.41. The first-order valence-electron chi connectivity index (χ1n) is 6.65. The second kappa shape index (κ2) is 6.00. The normalized spacial score (nSPS) is 18.5. The molecule has 2 N–H and O–H groups in total. The number of hydrogen-bond acceptors (Lipinski definition) is 4. The van der Waals surface area contributed by atoms with E-state index in [0.717, 1.165) is 38.8 Å². The summed E-state index contributed by atoms with van der Waals surface area (Å²) in [5.74, 6) is 0.853. The molecule has 5 nitrogen and oxygen atoms in total. The molecule has 1 aromatic heterocycles. The molecule has 0 unspecified atom stereocenters. The zero-order valence-corrected chi connectivity index (χ0v) is 10.9. The predicted octanol–water partition coefficient (Wildman–Crippen LogP) is 1.46. The van der Waals surface area contributed by atoms with Crippen LogP contribution < -0.4 is 10.6 Å². The first kappa shape index (κ1) is 13.1. The lowest BCUT2D eigenvalue weighted by Crippen LogP contribution is -2.47. The molecule has 0 saturated carbocycles. The van der Waals surface area contributed by atoms with Crippen molar-refractivity contribution in [1.82, 2.24) is 15.8 Å². The first-order valence-corrected chi connectivity index (χ1v) is 6.65. The van der Waals surface area contributed by atoms with E-state index in [1.807, 2.05) is 0 Å². The van der Waals surface area contributed by atoms with Crippen LogP contribution in [0.1, 0.15) is 38.4 Å². The summed E-state index contributed by atoms with van der Waals surface area (Å²) >= 11 is 0. The highest BCUT2D eigenvalue weighted by Crippen LogP contribution is 2.34. The molecule has 5 heteroatoms. The molecule has 0 atom stereocenters. The van der Waals surface area contributed by atoms with E-state index in [4.69, 9.17) is 4.52 Å². The number of nitrogens with zero attached hydrogens (tertiary/aromatic N) is 1. The van der Waals surface area contributed by atoms with Crippen LogP contribution in [-0.2, 0) is 11.3 Å². The summed E-state index contributed by atoms with van der Waals surface area (Å²) in [7, 11) is 0. The molecule has 1 aliphatic rings. The van der Waals surface area contributed by atoms with Crippen LogP contribution in [-0.4, -0.2) is 24.2 Å². The summed E-state index contributed by atoms with van der Waals surface area (Å²) < 4.78 is 4.99. The fraction of sp³-hybridized carbons (Fsp3) is 0.692. The van der Waals surface area contributed by atoms with E-state index >= 15 is 0 Å². The van der Waals surface area contributed by atoms with Crippen molar-refractivity contribution in [3.8, 4) is 0 Å². The van der Waals surface area contributed by atoms with E-state index in [2.05, 4.69) is 22.7 Å². The summed E-state index contributed by atoms with van der Waals surface area (Å²) in [4.78, 5) is 12.4. The molecule has 1 fully saturated rings. The van der Waals surface area contributed by atoms with Crippen molar-refractivity contribution < 1.29 is 9.32 Å². The van der Waals surface area contributed by atoms with Crippen LogP contribution in [0.15, 0.2) is 16.8 Å². The van der Waals surface area contributed by atoms with Gasteiger partial charge in [-0.25, -0.2) is 0 Å². The smallest absolute Gasteiger partial charge is 0.226 e. The second-order valence-electron chi connectivity index (χ2n) is 4.94. The molecule has 18 heavy (non-hydrogen) atoms. The highest BCUT2D eigenvalue weighted by atomic mass is 16.5. The van der Waals surface area contributed by atoms with Crippen molar-refractivity contribution in [1.29, 1.82) is 0 Å². The molecule has 2 rings (SSSR count). The number of aromatic nitrogens is 1. The Morgan fingerprint density at radius 3 is 2.94 bits per heavy atom. The van der Waals surface area contributed by atoms with Gasteiger partial charge >= 0.3 is 0 Å². The first-order chi connectivity index (χ1) is 8.77. The molecule has 2 heterocycles. The topological polar surface area (TPSA) is 67.2 Å². The third kappa shape index (κ3) is 2.90. The van der Waals surface area contributed by atoms with E-state index in [9.17, 15) is 4.79 Å². The maximum absolute atomic E-state index is 12.4. The van der Waals surface area contributed by atoms with Gasteiger partial charge in [-0.1, -0.05) is 18.5 Å². The third-order valence-electron chi connectivity index (χ3n) is 3.69. The van der Waals surface area contributed by atoms with Gasteiger partial charge in [0.25, 0.3) is 0 Å². The number of carbonyl (C=O) groups is 1. The number of nitrogens with one attached hydrogen (secondary N) is 2. The van der Waals surface area contributed by atoms with Gasteiger partial charge in [-0.15, -0.1) is 0 Å². The summed E-state index contributed by atoms with van der Waals surface area (Å²) in [5.41, 5.74) is -0.194. The molecule has 1 saturated heterocycles. The highest BCUT2D eigenvalue weighted by molar-refractivity contribution is 5.82. The van der Waals surface area contributed by atoms with Crippen LogP contribution in [0.3, 0.4) is 0 Å². The molecule has 0 aromatic carbocycles. The van der Waals surface area contributed by atoms with Crippen LogP contribution in [0.5, 0.6) is 0 Å². The SMILES string of the molecule is CCCC1(C(=O)NCc2ccno2)CCNCC1. The lowest BCUT2D eigenvalue weighted by atomic mass is 9.74. The highest BCUT2D eigenvalue weighted by Gasteiger charge is 2.38. The minimum Gasteiger partial charge on any atom is -0.360 e. The molecule has 0 radical (unpaired) electrons. The van der Waals surface area contributed by atoms with Crippen LogP contribution in [0.2, 0.25) is 0 Å². The van der Waals surface area contributed by atoms with Gasteiger partial charge in [0.05, 0.1) is 18.2 Å². The quantitative estimate of drug-likeness (QED) is 0.831. The molecule has 100 valence electrons. The Hall–Kier alpha value is -1.36. The van der Waals surface area contributed by atoms with E-state index in [-0.39, 0.29) is 11.3 Å². The number of piperidine rings is 1. The lowest BCUT2D eigenvalue weighted by Gasteiger charge is -2.36. The van der Waals surface area contributed by atoms with Crippen molar-refractivity contribution in [3.63, 3.8) is 0 Å². The Labute approximate surface area is 107 Å². The average molecular weight is 251 g/mol. The predicted molar refractivity (Wildman–Crippen MR) is 67.8 cm³/mol. The monoisotopic (exact) mass is 251 g/mol. The molecule has 1 amide bonds. The number of amides is 1. The Morgan fingerprint density at radius 2 is 2.33 bits per heavy atom. The lowest BCUT2D eigenvalue weighted by molar-refractivity contribution is -0.133. The second-order valence-corrected chi connectivity index (χ2v) is 4.94. The van der Waals surface area contributed by atoms with E-state index in [0.29, 0.717) is 12.3 Å². The minimum atomic E-state index is -0.194. The van der Waals surface area contributed by atoms with Crippen LogP contribution in [0.25, 0.3) is 0 Å². The molecule has 1 aromatic rings. The Morgan fingerprint density at radius 1 is 1.56 bits per heavy atom. The van der Waals surface area contributed by atoms with Gasteiger partial charge in [0.15, 0.2) is 5.76 Å². The molecular weight excluding hydrogens is 230 g/mol. The summed E-state index contributed by atoms with van der Waals surface area (Å²) in [6, 6.07) is 1.77. The summed E-state index contributed by atoms with van der Waals surface area (Å²) in [5, 5.41) is 9.92.